The maximum absolute atomic E-state index is 13.4. The van der Waals surface area contributed by atoms with Gasteiger partial charge in [-0.05, 0) is 37.1 Å². The predicted octanol–water partition coefficient (Wildman–Crippen LogP) is 2.00. The molecule has 0 aliphatic carbocycles. The molecule has 0 saturated carbocycles. The van der Waals surface area contributed by atoms with Gasteiger partial charge >= 0.3 is 5.69 Å². The Hall–Kier alpha value is -1.53. The molecule has 1 aliphatic rings. The van der Waals surface area contributed by atoms with Gasteiger partial charge in [-0.2, -0.15) is 4.39 Å². The zero-order chi connectivity index (χ0) is 13.0. The molecule has 1 saturated heterocycles. The lowest BCUT2D eigenvalue weighted by molar-refractivity contribution is -0.387. The van der Waals surface area contributed by atoms with Crippen molar-refractivity contribution < 1.29 is 14.1 Å². The van der Waals surface area contributed by atoms with Gasteiger partial charge in [-0.1, -0.05) is 0 Å². The minimum absolute atomic E-state index is 0.136. The Balaban J connectivity index is 1.93. The molecule has 1 aromatic carbocycles. The van der Waals surface area contributed by atoms with Crippen LogP contribution in [-0.2, 0) is 11.3 Å². The Morgan fingerprint density at radius 2 is 2.39 bits per heavy atom. The molecule has 0 radical (unpaired) electrons. The van der Waals surface area contributed by atoms with Crippen LogP contribution in [0.3, 0.4) is 0 Å². The Kier molecular flexibility index (Phi) is 4.22. The third kappa shape index (κ3) is 3.24. The predicted molar refractivity (Wildman–Crippen MR) is 63.7 cm³/mol. The van der Waals surface area contributed by atoms with Gasteiger partial charge in [-0.15, -0.1) is 0 Å². The fraction of sp³-hybridized carbons (Fsp3) is 0.500. The van der Waals surface area contributed by atoms with Gasteiger partial charge in [-0.3, -0.25) is 10.1 Å². The standard InChI is InChI=1S/C12H15FN2O3/c13-11-6-9(3-4-12(11)15(16)17)8-18-10-2-1-5-14-7-10/h3-4,6,10,14H,1-2,5,7-8H2/t10-/m0/s1. The molecule has 0 bridgehead atoms. The number of benzene rings is 1. The molecule has 18 heavy (non-hydrogen) atoms. The van der Waals surface area contributed by atoms with Crippen molar-refractivity contribution >= 4 is 5.69 Å². The molecule has 2 rings (SSSR count). The average Bonchev–Trinajstić information content (AvgIpc) is 2.37. The minimum atomic E-state index is -0.817. The molecule has 0 spiro atoms. The zero-order valence-electron chi connectivity index (χ0n) is 9.89. The number of nitro groups is 1. The quantitative estimate of drug-likeness (QED) is 0.659. The Labute approximate surface area is 104 Å². The monoisotopic (exact) mass is 254 g/mol. The van der Waals surface area contributed by atoms with Crippen LogP contribution in [0.25, 0.3) is 0 Å². The van der Waals surface area contributed by atoms with Crippen LogP contribution < -0.4 is 5.32 Å². The molecule has 5 nitrogen and oxygen atoms in total. The lowest BCUT2D eigenvalue weighted by Crippen LogP contribution is -2.35. The Bertz CT molecular complexity index is 433. The van der Waals surface area contributed by atoms with Crippen LogP contribution in [0.1, 0.15) is 18.4 Å². The van der Waals surface area contributed by atoms with Gasteiger partial charge in [0.15, 0.2) is 0 Å². The molecule has 1 atom stereocenters. The summed E-state index contributed by atoms with van der Waals surface area (Å²) in [6.07, 6.45) is 2.19. The number of rotatable bonds is 4. The summed E-state index contributed by atoms with van der Waals surface area (Å²) >= 11 is 0. The van der Waals surface area contributed by atoms with Gasteiger partial charge in [0.25, 0.3) is 0 Å². The maximum Gasteiger partial charge on any atom is 0.304 e. The minimum Gasteiger partial charge on any atom is -0.372 e. The molecule has 1 aliphatic heterocycles. The lowest BCUT2D eigenvalue weighted by Gasteiger charge is -2.23. The first-order valence-electron chi connectivity index (χ1n) is 5.92. The van der Waals surface area contributed by atoms with Crippen LogP contribution in [0, 0.1) is 15.9 Å². The summed E-state index contributed by atoms with van der Waals surface area (Å²) in [5, 5.41) is 13.7. The molecule has 0 amide bonds. The van der Waals surface area contributed by atoms with Crippen molar-refractivity contribution in [1.82, 2.24) is 5.32 Å². The van der Waals surface area contributed by atoms with Crippen molar-refractivity contribution in [3.05, 3.63) is 39.7 Å². The van der Waals surface area contributed by atoms with E-state index in [1.54, 1.807) is 0 Å². The third-order valence-electron chi connectivity index (χ3n) is 2.95. The number of nitrogens with one attached hydrogen (secondary N) is 1. The number of nitrogens with zero attached hydrogens (tertiary/aromatic N) is 1. The summed E-state index contributed by atoms with van der Waals surface area (Å²) in [6, 6.07) is 3.86. The van der Waals surface area contributed by atoms with Gasteiger partial charge in [0.05, 0.1) is 17.6 Å². The van der Waals surface area contributed by atoms with Gasteiger partial charge in [0, 0.05) is 12.6 Å². The van der Waals surface area contributed by atoms with Crippen molar-refractivity contribution in [3.8, 4) is 0 Å². The molecule has 1 heterocycles. The molecular weight excluding hydrogens is 239 g/mol. The smallest absolute Gasteiger partial charge is 0.304 e. The number of piperidine rings is 1. The first kappa shape index (κ1) is 12.9. The topological polar surface area (TPSA) is 64.4 Å². The van der Waals surface area contributed by atoms with Crippen LogP contribution in [0.5, 0.6) is 0 Å². The van der Waals surface area contributed by atoms with E-state index in [4.69, 9.17) is 4.74 Å². The number of nitro benzene ring substituents is 1. The molecular formula is C12H15FN2O3. The number of ether oxygens (including phenoxy) is 1. The van der Waals surface area contributed by atoms with Crippen molar-refractivity contribution in [3.63, 3.8) is 0 Å². The molecule has 98 valence electrons. The van der Waals surface area contributed by atoms with E-state index in [1.165, 1.54) is 12.1 Å². The van der Waals surface area contributed by atoms with Crippen LogP contribution in [0.2, 0.25) is 0 Å². The number of hydrogen-bond acceptors (Lipinski definition) is 4. The van der Waals surface area contributed by atoms with Crippen LogP contribution in [0.15, 0.2) is 18.2 Å². The SMILES string of the molecule is O=[N+]([O-])c1ccc(CO[C@H]2CCCNC2)cc1F. The zero-order valence-corrected chi connectivity index (χ0v) is 9.89. The Morgan fingerprint density at radius 3 is 3.00 bits per heavy atom. The van der Waals surface area contributed by atoms with E-state index < -0.39 is 16.4 Å². The van der Waals surface area contributed by atoms with Gasteiger partial charge < -0.3 is 10.1 Å². The normalized spacial score (nSPS) is 19.7. The van der Waals surface area contributed by atoms with E-state index in [9.17, 15) is 14.5 Å². The highest BCUT2D eigenvalue weighted by Crippen LogP contribution is 2.19. The van der Waals surface area contributed by atoms with Crippen LogP contribution in [-0.4, -0.2) is 24.1 Å². The molecule has 0 unspecified atom stereocenters. The highest BCUT2D eigenvalue weighted by molar-refractivity contribution is 5.34. The van der Waals surface area contributed by atoms with Gasteiger partial charge in [-0.25, -0.2) is 0 Å². The second kappa shape index (κ2) is 5.88. The van der Waals surface area contributed by atoms with Crippen LogP contribution in [0.4, 0.5) is 10.1 Å². The van der Waals surface area contributed by atoms with E-state index in [-0.39, 0.29) is 12.7 Å². The fourth-order valence-corrected chi connectivity index (χ4v) is 1.96. The van der Waals surface area contributed by atoms with E-state index in [0.717, 1.165) is 32.0 Å². The second-order valence-corrected chi connectivity index (χ2v) is 4.32. The third-order valence-corrected chi connectivity index (χ3v) is 2.95. The molecule has 1 aromatic rings. The van der Waals surface area contributed by atoms with E-state index in [2.05, 4.69) is 5.32 Å². The fourth-order valence-electron chi connectivity index (χ4n) is 1.96. The summed E-state index contributed by atoms with van der Waals surface area (Å²) in [5.74, 6) is -0.817. The average molecular weight is 254 g/mol. The lowest BCUT2D eigenvalue weighted by atomic mass is 10.1. The van der Waals surface area contributed by atoms with E-state index in [1.807, 2.05) is 0 Å². The van der Waals surface area contributed by atoms with Gasteiger partial charge in [0.1, 0.15) is 0 Å². The van der Waals surface area contributed by atoms with E-state index in [0.29, 0.717) is 5.56 Å². The second-order valence-electron chi connectivity index (χ2n) is 4.32. The van der Waals surface area contributed by atoms with Crippen molar-refractivity contribution in [1.29, 1.82) is 0 Å². The van der Waals surface area contributed by atoms with Crippen molar-refractivity contribution in [2.75, 3.05) is 13.1 Å². The summed E-state index contributed by atoms with van der Waals surface area (Å²) in [7, 11) is 0. The van der Waals surface area contributed by atoms with Gasteiger partial charge in [0.2, 0.25) is 5.82 Å². The van der Waals surface area contributed by atoms with E-state index >= 15 is 0 Å². The summed E-state index contributed by atoms with van der Waals surface area (Å²) in [5.41, 5.74) is 0.113. The molecule has 1 N–H and O–H groups in total. The molecule has 1 fully saturated rings. The summed E-state index contributed by atoms with van der Waals surface area (Å²) in [4.78, 5) is 9.73. The summed E-state index contributed by atoms with van der Waals surface area (Å²) < 4.78 is 19.0. The molecule has 6 heteroatoms. The highest BCUT2D eigenvalue weighted by atomic mass is 19.1. The van der Waals surface area contributed by atoms with Crippen LogP contribution >= 0.6 is 0 Å². The maximum atomic E-state index is 13.4. The largest absolute Gasteiger partial charge is 0.372 e. The number of halogens is 1. The van der Waals surface area contributed by atoms with Crippen molar-refractivity contribution in [2.45, 2.75) is 25.6 Å². The first-order valence-corrected chi connectivity index (χ1v) is 5.92. The summed E-state index contributed by atoms with van der Waals surface area (Å²) in [6.45, 7) is 2.09. The highest BCUT2D eigenvalue weighted by Gasteiger charge is 2.16. The van der Waals surface area contributed by atoms with Crippen molar-refractivity contribution in [2.24, 2.45) is 0 Å². The number of hydrogen-bond donors (Lipinski definition) is 1. The molecule has 0 aromatic heterocycles. The Morgan fingerprint density at radius 1 is 1.56 bits per heavy atom. The first-order chi connectivity index (χ1) is 8.66.